The Bertz CT molecular complexity index is 381. The van der Waals surface area contributed by atoms with Gasteiger partial charge in [-0.1, -0.05) is 25.1 Å². The van der Waals surface area contributed by atoms with Crippen LogP contribution < -0.4 is 0 Å². The van der Waals surface area contributed by atoms with Gasteiger partial charge in [0.05, 0.1) is 6.07 Å². The molecule has 0 saturated heterocycles. The zero-order valence-electron chi connectivity index (χ0n) is 7.83. The molecule has 0 fully saturated rings. The summed E-state index contributed by atoms with van der Waals surface area (Å²) in [4.78, 5) is 11.8. The number of hydrogen-bond donors (Lipinski definition) is 0. The van der Waals surface area contributed by atoms with Crippen molar-refractivity contribution in [1.29, 1.82) is 5.26 Å². The number of hydrogen-bond acceptors (Lipinski definition) is 2. The lowest BCUT2D eigenvalue weighted by molar-refractivity contribution is 0.0946. The van der Waals surface area contributed by atoms with Gasteiger partial charge in [0, 0.05) is 9.13 Å². The van der Waals surface area contributed by atoms with Gasteiger partial charge >= 0.3 is 0 Å². The van der Waals surface area contributed by atoms with Crippen molar-refractivity contribution in [3.63, 3.8) is 0 Å². The van der Waals surface area contributed by atoms with Crippen molar-refractivity contribution >= 4 is 28.4 Å². The normalized spacial score (nSPS) is 11.8. The summed E-state index contributed by atoms with van der Waals surface area (Å²) < 4.78 is 0.906. The standard InChI is InChI=1S/C11H10INO/c1-2-8(7-13)11(14)9-5-3-4-6-10(9)12/h3-6,8H,2H2,1H3. The fourth-order valence-corrected chi connectivity index (χ4v) is 1.84. The summed E-state index contributed by atoms with van der Waals surface area (Å²) in [6.07, 6.45) is 0.570. The SMILES string of the molecule is CCC(C#N)C(=O)c1ccccc1I. The van der Waals surface area contributed by atoms with E-state index in [9.17, 15) is 4.79 Å². The molecule has 0 spiro atoms. The van der Waals surface area contributed by atoms with Gasteiger partial charge in [-0.05, 0) is 35.1 Å². The van der Waals surface area contributed by atoms with Crippen molar-refractivity contribution < 1.29 is 4.79 Å². The van der Waals surface area contributed by atoms with Crippen molar-refractivity contribution in [3.8, 4) is 6.07 Å². The summed E-state index contributed by atoms with van der Waals surface area (Å²) in [6, 6.07) is 9.36. The summed E-state index contributed by atoms with van der Waals surface area (Å²) in [5.74, 6) is -0.578. The number of nitrogens with zero attached hydrogens (tertiary/aromatic N) is 1. The van der Waals surface area contributed by atoms with Crippen LogP contribution in [-0.2, 0) is 0 Å². The summed E-state index contributed by atoms with van der Waals surface area (Å²) in [5, 5.41) is 8.78. The van der Waals surface area contributed by atoms with Crippen LogP contribution in [0.25, 0.3) is 0 Å². The number of ketones is 1. The monoisotopic (exact) mass is 299 g/mol. The lowest BCUT2D eigenvalue weighted by Gasteiger charge is -2.06. The molecule has 0 aliphatic rings. The number of benzene rings is 1. The van der Waals surface area contributed by atoms with Crippen molar-refractivity contribution in [2.75, 3.05) is 0 Å². The third kappa shape index (κ3) is 2.32. The molecular formula is C11H10INO. The maximum absolute atomic E-state index is 11.8. The minimum absolute atomic E-state index is 0.0694. The molecule has 14 heavy (non-hydrogen) atoms. The van der Waals surface area contributed by atoms with Crippen molar-refractivity contribution in [2.24, 2.45) is 5.92 Å². The minimum Gasteiger partial charge on any atom is -0.293 e. The summed E-state index contributed by atoms with van der Waals surface area (Å²) in [5.41, 5.74) is 0.654. The Morgan fingerprint density at radius 1 is 1.57 bits per heavy atom. The highest BCUT2D eigenvalue weighted by Gasteiger charge is 2.18. The molecule has 0 N–H and O–H groups in total. The van der Waals surface area contributed by atoms with E-state index < -0.39 is 5.92 Å². The number of carbonyl (C=O) groups is 1. The van der Waals surface area contributed by atoms with Gasteiger partial charge in [-0.3, -0.25) is 4.79 Å². The third-order valence-electron chi connectivity index (χ3n) is 2.02. The van der Waals surface area contributed by atoms with E-state index in [-0.39, 0.29) is 5.78 Å². The van der Waals surface area contributed by atoms with Crippen LogP contribution in [0.1, 0.15) is 23.7 Å². The van der Waals surface area contributed by atoms with E-state index in [1.54, 1.807) is 6.07 Å². The molecule has 2 nitrogen and oxygen atoms in total. The molecular weight excluding hydrogens is 289 g/mol. The maximum atomic E-state index is 11.8. The first kappa shape index (κ1) is 11.2. The van der Waals surface area contributed by atoms with Gasteiger partial charge in [-0.2, -0.15) is 5.26 Å². The van der Waals surface area contributed by atoms with Gasteiger partial charge in [-0.25, -0.2) is 0 Å². The second kappa shape index (κ2) is 5.11. The van der Waals surface area contributed by atoms with Crippen LogP contribution in [0.2, 0.25) is 0 Å². The van der Waals surface area contributed by atoms with E-state index in [2.05, 4.69) is 22.6 Å². The van der Waals surface area contributed by atoms with Gasteiger partial charge in [0.25, 0.3) is 0 Å². The molecule has 1 rings (SSSR count). The van der Waals surface area contributed by atoms with E-state index in [1.165, 1.54) is 0 Å². The second-order valence-corrected chi connectivity index (χ2v) is 4.10. The van der Waals surface area contributed by atoms with Crippen molar-refractivity contribution in [2.45, 2.75) is 13.3 Å². The van der Waals surface area contributed by atoms with Crippen molar-refractivity contribution in [3.05, 3.63) is 33.4 Å². The molecule has 1 atom stereocenters. The van der Waals surface area contributed by atoms with Crippen LogP contribution in [-0.4, -0.2) is 5.78 Å². The number of nitriles is 1. The molecule has 1 aromatic carbocycles. The first-order chi connectivity index (χ1) is 6.70. The molecule has 0 amide bonds. The number of rotatable bonds is 3. The number of halogens is 1. The highest BCUT2D eigenvalue weighted by Crippen LogP contribution is 2.17. The number of carbonyl (C=O) groups excluding carboxylic acids is 1. The van der Waals surface area contributed by atoms with Crippen LogP contribution in [0, 0.1) is 20.8 Å². The van der Waals surface area contributed by atoms with E-state index in [0.717, 1.165) is 3.57 Å². The van der Waals surface area contributed by atoms with Crippen LogP contribution in [0.5, 0.6) is 0 Å². The highest BCUT2D eigenvalue weighted by atomic mass is 127. The van der Waals surface area contributed by atoms with E-state index in [1.807, 2.05) is 31.2 Å². The highest BCUT2D eigenvalue weighted by molar-refractivity contribution is 14.1. The van der Waals surface area contributed by atoms with Gasteiger partial charge in [0.15, 0.2) is 5.78 Å². The Morgan fingerprint density at radius 2 is 2.21 bits per heavy atom. The van der Waals surface area contributed by atoms with Crippen LogP contribution in [0.15, 0.2) is 24.3 Å². The van der Waals surface area contributed by atoms with Gasteiger partial charge in [0.2, 0.25) is 0 Å². The Labute approximate surface area is 97.1 Å². The molecule has 1 unspecified atom stereocenters. The molecule has 0 aliphatic carbocycles. The largest absolute Gasteiger partial charge is 0.293 e. The lowest BCUT2D eigenvalue weighted by atomic mass is 9.97. The van der Waals surface area contributed by atoms with Gasteiger partial charge in [-0.15, -0.1) is 0 Å². The fraction of sp³-hybridized carbons (Fsp3) is 0.273. The Hall–Kier alpha value is -0.890. The zero-order valence-corrected chi connectivity index (χ0v) is 9.98. The van der Waals surface area contributed by atoms with E-state index >= 15 is 0 Å². The Kier molecular flexibility index (Phi) is 4.08. The molecule has 0 aromatic heterocycles. The van der Waals surface area contributed by atoms with Crippen molar-refractivity contribution in [1.82, 2.24) is 0 Å². The summed E-state index contributed by atoms with van der Waals surface area (Å²) in [6.45, 7) is 1.85. The predicted molar refractivity (Wildman–Crippen MR) is 62.9 cm³/mol. The molecule has 0 bridgehead atoms. The molecule has 0 radical (unpaired) electrons. The van der Waals surface area contributed by atoms with Crippen LogP contribution in [0.3, 0.4) is 0 Å². The first-order valence-corrected chi connectivity index (χ1v) is 5.47. The molecule has 1 aromatic rings. The average molecular weight is 299 g/mol. The summed E-state index contributed by atoms with van der Waals surface area (Å²) >= 11 is 2.11. The van der Waals surface area contributed by atoms with E-state index in [4.69, 9.17) is 5.26 Å². The van der Waals surface area contributed by atoms with Crippen LogP contribution >= 0.6 is 22.6 Å². The molecule has 0 heterocycles. The predicted octanol–water partition coefficient (Wildman–Crippen LogP) is 3.02. The third-order valence-corrected chi connectivity index (χ3v) is 2.96. The molecule has 3 heteroatoms. The van der Waals surface area contributed by atoms with Gasteiger partial charge < -0.3 is 0 Å². The molecule has 0 saturated carbocycles. The van der Waals surface area contributed by atoms with E-state index in [0.29, 0.717) is 12.0 Å². The first-order valence-electron chi connectivity index (χ1n) is 4.39. The maximum Gasteiger partial charge on any atom is 0.181 e. The Morgan fingerprint density at radius 3 is 2.71 bits per heavy atom. The topological polar surface area (TPSA) is 40.9 Å². The fourth-order valence-electron chi connectivity index (χ4n) is 1.18. The minimum atomic E-state index is -0.508. The smallest absolute Gasteiger partial charge is 0.181 e. The molecule has 72 valence electrons. The lowest BCUT2D eigenvalue weighted by Crippen LogP contribution is -2.13. The van der Waals surface area contributed by atoms with Gasteiger partial charge in [0.1, 0.15) is 5.92 Å². The zero-order chi connectivity index (χ0) is 10.6. The number of Topliss-reactive ketones (excluding diaryl/α,β-unsaturated/α-hetero) is 1. The quantitative estimate of drug-likeness (QED) is 0.636. The average Bonchev–Trinajstić information content (AvgIpc) is 2.20. The Balaban J connectivity index is 3.01. The summed E-state index contributed by atoms with van der Waals surface area (Å²) in [7, 11) is 0. The second-order valence-electron chi connectivity index (χ2n) is 2.93. The van der Waals surface area contributed by atoms with Crippen LogP contribution in [0.4, 0.5) is 0 Å². The molecule has 0 aliphatic heterocycles.